The molecule has 1 aromatic rings. The summed E-state index contributed by atoms with van der Waals surface area (Å²) in [6, 6.07) is 5.07. The normalized spacial score (nSPS) is 9.79. The number of halogens is 1. The van der Waals surface area contributed by atoms with Crippen molar-refractivity contribution >= 4 is 28.2 Å². The molecule has 14 heavy (non-hydrogen) atoms. The minimum absolute atomic E-state index is 0.230. The van der Waals surface area contributed by atoms with E-state index in [9.17, 15) is 9.59 Å². The molecule has 0 bridgehead atoms. The molecule has 0 aliphatic rings. The lowest BCUT2D eigenvalue weighted by atomic mass is 10.1. The van der Waals surface area contributed by atoms with Gasteiger partial charge >= 0.3 is 5.97 Å². The highest BCUT2D eigenvalue weighted by molar-refractivity contribution is 9.10. The largest absolute Gasteiger partial charge is 0.478 e. The highest BCUT2D eigenvalue weighted by Crippen LogP contribution is 2.18. The van der Waals surface area contributed by atoms with Crippen molar-refractivity contribution in [3.8, 4) is 0 Å². The van der Waals surface area contributed by atoms with Crippen molar-refractivity contribution < 1.29 is 14.7 Å². The predicted molar refractivity (Wildman–Crippen MR) is 55.5 cm³/mol. The van der Waals surface area contributed by atoms with E-state index in [0.29, 0.717) is 17.3 Å². The minimum atomic E-state index is -0.968. The summed E-state index contributed by atoms with van der Waals surface area (Å²) < 4.78 is 0.555. The second kappa shape index (κ2) is 4.91. The predicted octanol–water partition coefficient (Wildman–Crippen LogP) is 2.28. The molecule has 0 saturated carbocycles. The van der Waals surface area contributed by atoms with Gasteiger partial charge in [-0.2, -0.15) is 0 Å². The maximum atomic E-state index is 10.7. The summed E-state index contributed by atoms with van der Waals surface area (Å²) in [7, 11) is 0. The molecule has 1 aromatic carbocycles. The maximum absolute atomic E-state index is 10.7. The molecular weight excluding hydrogens is 248 g/mol. The second-order valence-corrected chi connectivity index (χ2v) is 3.68. The third-order valence-corrected chi connectivity index (χ3v) is 2.50. The van der Waals surface area contributed by atoms with E-state index in [1.807, 2.05) is 0 Å². The fourth-order valence-corrected chi connectivity index (χ4v) is 1.53. The lowest BCUT2D eigenvalue weighted by molar-refractivity contribution is -0.107. The molecule has 0 aliphatic carbocycles. The number of carbonyl (C=O) groups is 2. The number of hydrogen-bond acceptors (Lipinski definition) is 2. The number of aldehydes is 1. The van der Waals surface area contributed by atoms with Gasteiger partial charge in [0.25, 0.3) is 0 Å². The van der Waals surface area contributed by atoms with E-state index in [4.69, 9.17) is 5.11 Å². The number of carboxylic acids is 1. The summed E-state index contributed by atoms with van der Waals surface area (Å²) >= 11 is 3.15. The standard InChI is InChI=1S/C10H9BrO3/c11-9-4-3-7(2-1-5-12)6-8(9)10(13)14/h3-6H,1-2H2,(H,13,14). The third-order valence-electron chi connectivity index (χ3n) is 1.81. The van der Waals surface area contributed by atoms with Crippen molar-refractivity contribution in [2.75, 3.05) is 0 Å². The van der Waals surface area contributed by atoms with E-state index >= 15 is 0 Å². The molecule has 0 fully saturated rings. The molecule has 0 spiro atoms. The van der Waals surface area contributed by atoms with Crippen LogP contribution in [0.15, 0.2) is 22.7 Å². The average molecular weight is 257 g/mol. The first-order valence-electron chi connectivity index (χ1n) is 4.10. The first-order chi connectivity index (χ1) is 6.65. The Kier molecular flexibility index (Phi) is 3.83. The van der Waals surface area contributed by atoms with E-state index in [0.717, 1.165) is 11.8 Å². The Hall–Kier alpha value is -1.16. The van der Waals surface area contributed by atoms with Crippen LogP contribution in [0, 0.1) is 0 Å². The third kappa shape index (κ3) is 2.67. The van der Waals surface area contributed by atoms with Crippen LogP contribution in [0.4, 0.5) is 0 Å². The molecule has 0 aromatic heterocycles. The van der Waals surface area contributed by atoms with Crippen LogP contribution in [0.5, 0.6) is 0 Å². The molecule has 1 N–H and O–H groups in total. The van der Waals surface area contributed by atoms with E-state index in [2.05, 4.69) is 15.9 Å². The molecule has 4 heteroatoms. The summed E-state index contributed by atoms with van der Waals surface area (Å²) in [4.78, 5) is 20.9. The zero-order chi connectivity index (χ0) is 10.6. The summed E-state index contributed by atoms with van der Waals surface area (Å²) in [5, 5.41) is 8.82. The van der Waals surface area contributed by atoms with Crippen molar-refractivity contribution in [3.05, 3.63) is 33.8 Å². The summed E-state index contributed by atoms with van der Waals surface area (Å²) in [6.07, 6.45) is 1.82. The Labute approximate surface area is 89.9 Å². The molecule has 74 valence electrons. The first kappa shape index (κ1) is 10.9. The van der Waals surface area contributed by atoms with Gasteiger partial charge in [-0.05, 0) is 40.0 Å². The van der Waals surface area contributed by atoms with Crippen LogP contribution in [-0.4, -0.2) is 17.4 Å². The number of rotatable bonds is 4. The quantitative estimate of drug-likeness (QED) is 0.842. The zero-order valence-electron chi connectivity index (χ0n) is 7.37. The fraction of sp³-hybridized carbons (Fsp3) is 0.200. The zero-order valence-corrected chi connectivity index (χ0v) is 8.95. The summed E-state index contributed by atoms with van der Waals surface area (Å²) in [5.74, 6) is -0.968. The molecule has 0 aliphatic heterocycles. The van der Waals surface area contributed by atoms with Crippen LogP contribution in [0.2, 0.25) is 0 Å². The Morgan fingerprint density at radius 1 is 1.50 bits per heavy atom. The number of aryl methyl sites for hydroxylation is 1. The second-order valence-electron chi connectivity index (χ2n) is 2.82. The molecule has 0 atom stereocenters. The molecule has 0 radical (unpaired) electrons. The monoisotopic (exact) mass is 256 g/mol. The number of aromatic carboxylic acids is 1. The molecule has 0 amide bonds. The highest BCUT2D eigenvalue weighted by atomic mass is 79.9. The van der Waals surface area contributed by atoms with E-state index in [1.54, 1.807) is 18.2 Å². The van der Waals surface area contributed by atoms with Crippen LogP contribution in [-0.2, 0) is 11.2 Å². The SMILES string of the molecule is O=CCCc1ccc(Br)c(C(=O)O)c1. The minimum Gasteiger partial charge on any atom is -0.478 e. The van der Waals surface area contributed by atoms with Gasteiger partial charge in [0, 0.05) is 10.9 Å². The van der Waals surface area contributed by atoms with Crippen molar-refractivity contribution in [1.82, 2.24) is 0 Å². The average Bonchev–Trinajstić information content (AvgIpc) is 2.16. The van der Waals surface area contributed by atoms with Gasteiger partial charge < -0.3 is 9.90 Å². The van der Waals surface area contributed by atoms with E-state index < -0.39 is 5.97 Å². The van der Waals surface area contributed by atoms with Crippen molar-refractivity contribution in [2.45, 2.75) is 12.8 Å². The fourth-order valence-electron chi connectivity index (χ4n) is 1.12. The Bertz CT molecular complexity index is 360. The van der Waals surface area contributed by atoms with Gasteiger partial charge in [-0.25, -0.2) is 4.79 Å². The maximum Gasteiger partial charge on any atom is 0.336 e. The van der Waals surface area contributed by atoms with Crippen LogP contribution < -0.4 is 0 Å². The molecule has 3 nitrogen and oxygen atoms in total. The Morgan fingerprint density at radius 3 is 2.79 bits per heavy atom. The Balaban J connectivity index is 2.94. The summed E-state index contributed by atoms with van der Waals surface area (Å²) in [6.45, 7) is 0. The van der Waals surface area contributed by atoms with Crippen molar-refractivity contribution in [3.63, 3.8) is 0 Å². The van der Waals surface area contributed by atoms with Crippen LogP contribution in [0.1, 0.15) is 22.3 Å². The lowest BCUT2D eigenvalue weighted by Gasteiger charge is -2.02. The van der Waals surface area contributed by atoms with Gasteiger partial charge in [0.2, 0.25) is 0 Å². The van der Waals surface area contributed by atoms with Gasteiger partial charge in [0.1, 0.15) is 6.29 Å². The van der Waals surface area contributed by atoms with E-state index in [-0.39, 0.29) is 5.56 Å². The van der Waals surface area contributed by atoms with Crippen LogP contribution >= 0.6 is 15.9 Å². The van der Waals surface area contributed by atoms with Gasteiger partial charge in [-0.1, -0.05) is 6.07 Å². The lowest BCUT2D eigenvalue weighted by Crippen LogP contribution is -1.99. The van der Waals surface area contributed by atoms with E-state index in [1.165, 1.54) is 0 Å². The van der Waals surface area contributed by atoms with Gasteiger partial charge in [-0.15, -0.1) is 0 Å². The van der Waals surface area contributed by atoms with Crippen molar-refractivity contribution in [2.24, 2.45) is 0 Å². The number of carboxylic acid groups (broad SMARTS) is 1. The molecular formula is C10H9BrO3. The van der Waals surface area contributed by atoms with Gasteiger partial charge in [0.05, 0.1) is 5.56 Å². The highest BCUT2D eigenvalue weighted by Gasteiger charge is 2.08. The van der Waals surface area contributed by atoms with Gasteiger partial charge in [-0.3, -0.25) is 0 Å². The Morgan fingerprint density at radius 2 is 2.21 bits per heavy atom. The van der Waals surface area contributed by atoms with Crippen LogP contribution in [0.25, 0.3) is 0 Å². The molecule has 1 rings (SSSR count). The smallest absolute Gasteiger partial charge is 0.336 e. The number of hydrogen-bond donors (Lipinski definition) is 1. The first-order valence-corrected chi connectivity index (χ1v) is 4.90. The number of carbonyl (C=O) groups excluding carboxylic acids is 1. The number of benzene rings is 1. The molecule has 0 saturated heterocycles. The topological polar surface area (TPSA) is 54.4 Å². The van der Waals surface area contributed by atoms with Gasteiger partial charge in [0.15, 0.2) is 0 Å². The van der Waals surface area contributed by atoms with Crippen LogP contribution in [0.3, 0.4) is 0 Å². The summed E-state index contributed by atoms with van der Waals surface area (Å²) in [5.41, 5.74) is 1.09. The molecule has 0 heterocycles. The van der Waals surface area contributed by atoms with Crippen molar-refractivity contribution in [1.29, 1.82) is 0 Å². The molecule has 0 unspecified atom stereocenters.